The maximum Gasteiger partial charge on any atom is 0.416 e. The molecule has 3 rings (SSSR count). The third kappa shape index (κ3) is 4.52. The fraction of sp³-hybridized carbons (Fsp3) is 0.211. The number of anilines is 1. The van der Waals surface area contributed by atoms with Gasteiger partial charge in [0.25, 0.3) is 0 Å². The molecule has 2 aromatic carbocycles. The van der Waals surface area contributed by atoms with E-state index >= 15 is 0 Å². The van der Waals surface area contributed by atoms with Gasteiger partial charge < -0.3 is 20.4 Å². The predicted octanol–water partition coefficient (Wildman–Crippen LogP) is 4.56. The van der Waals surface area contributed by atoms with Crippen molar-refractivity contribution in [1.29, 1.82) is 0 Å². The molecule has 0 radical (unpaired) electrons. The van der Waals surface area contributed by atoms with Crippen LogP contribution in [0.25, 0.3) is 10.9 Å². The van der Waals surface area contributed by atoms with E-state index in [9.17, 15) is 18.0 Å². The molecule has 0 aliphatic carbocycles. The van der Waals surface area contributed by atoms with Crippen LogP contribution in [0, 0.1) is 0 Å². The van der Waals surface area contributed by atoms with Crippen LogP contribution in [0.1, 0.15) is 11.1 Å². The van der Waals surface area contributed by atoms with Gasteiger partial charge in [-0.3, -0.25) is 0 Å². The summed E-state index contributed by atoms with van der Waals surface area (Å²) < 4.78 is 42.8. The monoisotopic (exact) mass is 377 g/mol. The number of alkyl halides is 3. The maximum atomic E-state index is 12.5. The van der Waals surface area contributed by atoms with Crippen molar-refractivity contribution in [2.24, 2.45) is 0 Å². The number of amides is 2. The van der Waals surface area contributed by atoms with Gasteiger partial charge in [0.05, 0.1) is 12.7 Å². The quantitative estimate of drug-likeness (QED) is 0.610. The van der Waals surface area contributed by atoms with Crippen molar-refractivity contribution in [2.75, 3.05) is 19.0 Å². The van der Waals surface area contributed by atoms with E-state index in [1.165, 1.54) is 12.1 Å². The van der Waals surface area contributed by atoms with E-state index in [-0.39, 0.29) is 5.69 Å². The van der Waals surface area contributed by atoms with E-state index in [2.05, 4.69) is 15.6 Å². The van der Waals surface area contributed by atoms with Gasteiger partial charge in [-0.15, -0.1) is 0 Å². The summed E-state index contributed by atoms with van der Waals surface area (Å²) in [4.78, 5) is 15.1. The molecule has 0 atom stereocenters. The van der Waals surface area contributed by atoms with Crippen molar-refractivity contribution < 1.29 is 22.7 Å². The normalized spacial score (nSPS) is 11.4. The number of rotatable bonds is 5. The van der Waals surface area contributed by atoms with Gasteiger partial charge in [-0.2, -0.15) is 13.2 Å². The van der Waals surface area contributed by atoms with Gasteiger partial charge >= 0.3 is 12.2 Å². The summed E-state index contributed by atoms with van der Waals surface area (Å²) in [5.41, 5.74) is 1.53. The first-order valence-corrected chi connectivity index (χ1v) is 8.23. The van der Waals surface area contributed by atoms with E-state index in [0.29, 0.717) is 13.0 Å². The zero-order chi connectivity index (χ0) is 19.4. The second-order valence-electron chi connectivity index (χ2n) is 5.93. The molecule has 0 spiro atoms. The Kier molecular flexibility index (Phi) is 5.25. The Morgan fingerprint density at radius 2 is 1.89 bits per heavy atom. The third-order valence-electron chi connectivity index (χ3n) is 4.12. The number of fused-ring (bicyclic) bond motifs is 1. The van der Waals surface area contributed by atoms with Gasteiger partial charge in [0, 0.05) is 29.3 Å². The first-order chi connectivity index (χ1) is 12.9. The minimum absolute atomic E-state index is 0.289. The van der Waals surface area contributed by atoms with Gasteiger partial charge in [0.15, 0.2) is 0 Å². The number of ether oxygens (including phenoxy) is 1. The number of nitrogens with one attached hydrogen (secondary N) is 3. The predicted molar refractivity (Wildman–Crippen MR) is 97.0 cm³/mol. The van der Waals surface area contributed by atoms with Crippen LogP contribution in [0.15, 0.2) is 48.7 Å². The Bertz CT molecular complexity index is 934. The molecule has 0 saturated carbocycles. The minimum atomic E-state index is -4.40. The molecule has 1 heterocycles. The van der Waals surface area contributed by atoms with Crippen LogP contribution in [0.2, 0.25) is 0 Å². The average Bonchev–Trinajstić information content (AvgIpc) is 3.03. The Balaban J connectivity index is 1.54. The molecule has 1 aromatic heterocycles. The number of hydrogen-bond acceptors (Lipinski definition) is 2. The van der Waals surface area contributed by atoms with Crippen molar-refractivity contribution in [1.82, 2.24) is 10.3 Å². The van der Waals surface area contributed by atoms with Crippen LogP contribution < -0.4 is 15.4 Å². The lowest BCUT2D eigenvalue weighted by molar-refractivity contribution is -0.137. The summed E-state index contributed by atoms with van der Waals surface area (Å²) in [6, 6.07) is 9.50. The van der Waals surface area contributed by atoms with Gasteiger partial charge in [-0.25, -0.2) is 4.79 Å². The molecule has 0 unspecified atom stereocenters. The van der Waals surface area contributed by atoms with Crippen molar-refractivity contribution in [2.45, 2.75) is 12.6 Å². The number of aromatic nitrogens is 1. The number of halogens is 3. The number of urea groups is 1. The van der Waals surface area contributed by atoms with Gasteiger partial charge in [0.1, 0.15) is 5.75 Å². The maximum absolute atomic E-state index is 12.5. The van der Waals surface area contributed by atoms with Crippen LogP contribution in [0.3, 0.4) is 0 Å². The number of carbonyl (C=O) groups is 1. The molecule has 0 aliphatic heterocycles. The molecule has 5 nitrogen and oxygen atoms in total. The lowest BCUT2D eigenvalue weighted by Crippen LogP contribution is -2.30. The minimum Gasteiger partial charge on any atom is -0.497 e. The largest absolute Gasteiger partial charge is 0.497 e. The molecule has 3 aromatic rings. The van der Waals surface area contributed by atoms with Crippen LogP contribution in [-0.4, -0.2) is 24.7 Å². The highest BCUT2D eigenvalue weighted by atomic mass is 19.4. The molecule has 142 valence electrons. The van der Waals surface area contributed by atoms with Crippen LogP contribution in [-0.2, 0) is 12.6 Å². The molecule has 0 saturated heterocycles. The van der Waals surface area contributed by atoms with Crippen molar-refractivity contribution >= 4 is 22.6 Å². The molecular formula is C19H18F3N3O2. The molecule has 8 heteroatoms. The molecule has 0 fully saturated rings. The molecule has 0 bridgehead atoms. The Morgan fingerprint density at radius 3 is 2.56 bits per heavy atom. The highest BCUT2D eigenvalue weighted by Gasteiger charge is 2.29. The second kappa shape index (κ2) is 7.61. The number of H-pyrrole nitrogens is 1. The molecule has 3 N–H and O–H groups in total. The smallest absolute Gasteiger partial charge is 0.416 e. The van der Waals surface area contributed by atoms with Gasteiger partial charge in [-0.1, -0.05) is 0 Å². The fourth-order valence-corrected chi connectivity index (χ4v) is 2.72. The number of methoxy groups -OCH3 is 1. The summed E-state index contributed by atoms with van der Waals surface area (Å²) in [5, 5.41) is 6.21. The molecule has 0 aliphatic rings. The summed E-state index contributed by atoms with van der Waals surface area (Å²) in [6.07, 6.45) is -1.93. The molecular weight excluding hydrogens is 359 g/mol. The summed E-state index contributed by atoms with van der Waals surface area (Å²) in [6.45, 7) is 0.372. The van der Waals surface area contributed by atoms with E-state index in [0.717, 1.165) is 34.3 Å². The van der Waals surface area contributed by atoms with Crippen LogP contribution in [0.5, 0.6) is 5.75 Å². The number of hydrogen-bond donors (Lipinski definition) is 3. The Labute approximate surface area is 153 Å². The highest BCUT2D eigenvalue weighted by Crippen LogP contribution is 2.29. The zero-order valence-corrected chi connectivity index (χ0v) is 14.5. The number of carbonyl (C=O) groups excluding carboxylic acids is 1. The first kappa shape index (κ1) is 18.6. The van der Waals surface area contributed by atoms with E-state index in [1.54, 1.807) is 7.11 Å². The third-order valence-corrected chi connectivity index (χ3v) is 4.12. The number of aromatic amines is 1. The first-order valence-electron chi connectivity index (χ1n) is 8.23. The SMILES string of the molecule is COc1ccc2[nH]cc(CCNC(=O)Nc3ccc(C(F)(F)F)cc3)c2c1. The fourth-order valence-electron chi connectivity index (χ4n) is 2.72. The summed E-state index contributed by atoms with van der Waals surface area (Å²) >= 11 is 0. The number of benzene rings is 2. The van der Waals surface area contributed by atoms with E-state index < -0.39 is 17.8 Å². The van der Waals surface area contributed by atoms with Crippen molar-refractivity contribution in [3.05, 3.63) is 59.8 Å². The lowest BCUT2D eigenvalue weighted by atomic mass is 10.1. The van der Waals surface area contributed by atoms with Gasteiger partial charge in [-0.05, 0) is 54.4 Å². The highest BCUT2D eigenvalue weighted by molar-refractivity contribution is 5.89. The zero-order valence-electron chi connectivity index (χ0n) is 14.5. The standard InChI is InChI=1S/C19H18F3N3O2/c1-27-15-6-7-17-16(10-15)12(11-24-17)8-9-23-18(26)25-14-4-2-13(3-5-14)19(20,21)22/h2-7,10-11,24H,8-9H2,1H3,(H2,23,25,26). The van der Waals surface area contributed by atoms with Crippen molar-refractivity contribution in [3.8, 4) is 5.75 Å². The lowest BCUT2D eigenvalue weighted by Gasteiger charge is -2.10. The van der Waals surface area contributed by atoms with Gasteiger partial charge in [0.2, 0.25) is 0 Å². The summed E-state index contributed by atoms with van der Waals surface area (Å²) in [7, 11) is 1.60. The van der Waals surface area contributed by atoms with Crippen LogP contribution in [0.4, 0.5) is 23.7 Å². The average molecular weight is 377 g/mol. The Hall–Kier alpha value is -3.16. The van der Waals surface area contributed by atoms with E-state index in [1.807, 2.05) is 24.4 Å². The topological polar surface area (TPSA) is 66.1 Å². The van der Waals surface area contributed by atoms with Crippen molar-refractivity contribution in [3.63, 3.8) is 0 Å². The molecule has 2 amide bonds. The van der Waals surface area contributed by atoms with Crippen LogP contribution >= 0.6 is 0 Å². The Morgan fingerprint density at radius 1 is 1.15 bits per heavy atom. The van der Waals surface area contributed by atoms with E-state index in [4.69, 9.17) is 4.74 Å². The summed E-state index contributed by atoms with van der Waals surface area (Å²) in [5.74, 6) is 0.747. The molecule has 27 heavy (non-hydrogen) atoms. The second-order valence-corrected chi connectivity index (χ2v) is 5.93.